The van der Waals surface area contributed by atoms with Gasteiger partial charge in [0.25, 0.3) is 0 Å². The third kappa shape index (κ3) is 3.72. The lowest BCUT2D eigenvalue weighted by molar-refractivity contribution is 0.530. The zero-order chi connectivity index (χ0) is 12.9. The van der Waals surface area contributed by atoms with Crippen LogP contribution in [0.5, 0.6) is 0 Å². The SMILES string of the molecule is c1coc(CSSSCc2nc3ccccc3s2)c1. The Morgan fingerprint density at radius 2 is 1.95 bits per heavy atom. The lowest BCUT2D eigenvalue weighted by Gasteiger charge is -1.96. The van der Waals surface area contributed by atoms with Gasteiger partial charge in [0.15, 0.2) is 0 Å². The molecule has 3 rings (SSSR count). The molecule has 2 nitrogen and oxygen atoms in total. The molecule has 3 aromatic rings. The van der Waals surface area contributed by atoms with Crippen LogP contribution in [0, 0.1) is 0 Å². The fourth-order valence-corrected chi connectivity index (χ4v) is 6.23. The number of furan rings is 1. The molecular weight excluding hydrogens is 314 g/mol. The second kappa shape index (κ2) is 6.74. The number of benzene rings is 1. The van der Waals surface area contributed by atoms with Crippen LogP contribution in [0.4, 0.5) is 0 Å². The Hall–Kier alpha value is -0.560. The van der Waals surface area contributed by atoms with E-state index >= 15 is 0 Å². The number of aromatic nitrogens is 1. The molecule has 0 aliphatic rings. The Kier molecular flexibility index (Phi) is 4.76. The Labute approximate surface area is 127 Å². The van der Waals surface area contributed by atoms with E-state index in [-0.39, 0.29) is 0 Å². The van der Waals surface area contributed by atoms with E-state index in [2.05, 4.69) is 23.2 Å². The summed E-state index contributed by atoms with van der Waals surface area (Å²) < 4.78 is 6.55. The van der Waals surface area contributed by atoms with Gasteiger partial charge in [-0.1, -0.05) is 33.7 Å². The third-order valence-electron chi connectivity index (χ3n) is 2.40. The molecule has 6 heteroatoms. The maximum atomic E-state index is 5.28. The molecule has 98 valence electrons. The molecule has 2 aromatic heterocycles. The fourth-order valence-electron chi connectivity index (χ4n) is 1.57. The van der Waals surface area contributed by atoms with E-state index in [9.17, 15) is 0 Å². The number of rotatable bonds is 6. The Bertz CT molecular complexity index is 602. The van der Waals surface area contributed by atoms with Gasteiger partial charge >= 0.3 is 0 Å². The standard InChI is InChI=1S/C13H11NOS4/c1-2-6-12-11(5-1)14-13(18-12)9-17-19-16-8-10-4-3-7-15-10/h1-7H,8-9H2. The van der Waals surface area contributed by atoms with Gasteiger partial charge in [-0.2, -0.15) is 0 Å². The van der Waals surface area contributed by atoms with Crippen molar-refractivity contribution in [2.24, 2.45) is 0 Å². The molecule has 2 heterocycles. The van der Waals surface area contributed by atoms with E-state index in [0.29, 0.717) is 0 Å². The normalized spacial score (nSPS) is 11.2. The second-order valence-electron chi connectivity index (χ2n) is 3.75. The van der Waals surface area contributed by atoms with E-state index in [1.807, 2.05) is 29.0 Å². The van der Waals surface area contributed by atoms with E-state index in [1.54, 1.807) is 38.2 Å². The van der Waals surface area contributed by atoms with Crippen molar-refractivity contribution < 1.29 is 4.42 Å². The van der Waals surface area contributed by atoms with Crippen molar-refractivity contribution >= 4 is 53.0 Å². The van der Waals surface area contributed by atoms with Gasteiger partial charge in [-0.15, -0.1) is 11.3 Å². The highest BCUT2D eigenvalue weighted by molar-refractivity contribution is 9.09. The average molecular weight is 326 g/mol. The maximum Gasteiger partial charge on any atom is 0.114 e. The van der Waals surface area contributed by atoms with Crippen LogP contribution in [0.25, 0.3) is 10.2 Å². The molecule has 0 aliphatic heterocycles. The van der Waals surface area contributed by atoms with E-state index in [1.165, 1.54) is 9.71 Å². The van der Waals surface area contributed by atoms with Crippen LogP contribution in [0.2, 0.25) is 0 Å². The molecule has 0 bridgehead atoms. The molecule has 0 atom stereocenters. The van der Waals surface area contributed by atoms with Crippen molar-refractivity contribution in [3.05, 3.63) is 53.4 Å². The molecule has 0 N–H and O–H groups in total. The van der Waals surface area contributed by atoms with Gasteiger partial charge in [0.1, 0.15) is 10.8 Å². The smallest absolute Gasteiger partial charge is 0.114 e. The number of para-hydroxylation sites is 1. The van der Waals surface area contributed by atoms with Gasteiger partial charge in [-0.25, -0.2) is 4.98 Å². The number of hydrogen-bond donors (Lipinski definition) is 0. The minimum Gasteiger partial charge on any atom is -0.468 e. The average Bonchev–Trinajstić information content (AvgIpc) is 3.06. The first-order valence-corrected chi connectivity index (χ1v) is 10.3. The monoisotopic (exact) mass is 325 g/mol. The predicted octanol–water partition coefficient (Wildman–Crippen LogP) is 5.62. The summed E-state index contributed by atoms with van der Waals surface area (Å²) in [6.45, 7) is 0. The van der Waals surface area contributed by atoms with Crippen LogP contribution in [0.1, 0.15) is 10.8 Å². The lowest BCUT2D eigenvalue weighted by Crippen LogP contribution is -1.74. The molecule has 1 aromatic carbocycles. The van der Waals surface area contributed by atoms with Crippen molar-refractivity contribution in [2.75, 3.05) is 0 Å². The Morgan fingerprint density at radius 3 is 2.79 bits per heavy atom. The lowest BCUT2D eigenvalue weighted by atomic mass is 10.3. The quantitative estimate of drug-likeness (QED) is 0.433. The summed E-state index contributed by atoms with van der Waals surface area (Å²) in [5.41, 5.74) is 1.11. The van der Waals surface area contributed by atoms with Crippen LogP contribution >= 0.6 is 42.8 Å². The van der Waals surface area contributed by atoms with Gasteiger partial charge in [0.2, 0.25) is 0 Å². The molecule has 0 radical (unpaired) electrons. The molecular formula is C13H11NOS4. The summed E-state index contributed by atoms with van der Waals surface area (Å²) in [7, 11) is 5.43. The Balaban J connectivity index is 1.44. The first-order valence-electron chi connectivity index (χ1n) is 5.70. The summed E-state index contributed by atoms with van der Waals surface area (Å²) in [5.74, 6) is 2.89. The summed E-state index contributed by atoms with van der Waals surface area (Å²) in [4.78, 5) is 4.62. The predicted molar refractivity (Wildman–Crippen MR) is 88.5 cm³/mol. The number of hydrogen-bond acceptors (Lipinski definition) is 6. The Morgan fingerprint density at radius 1 is 1.05 bits per heavy atom. The van der Waals surface area contributed by atoms with Crippen LogP contribution in [0.3, 0.4) is 0 Å². The van der Waals surface area contributed by atoms with Gasteiger partial charge in [-0.3, -0.25) is 0 Å². The summed E-state index contributed by atoms with van der Waals surface area (Å²) in [5, 5.41) is 1.19. The largest absolute Gasteiger partial charge is 0.468 e. The fraction of sp³-hybridized carbons (Fsp3) is 0.154. The van der Waals surface area contributed by atoms with E-state index in [0.717, 1.165) is 22.8 Å². The van der Waals surface area contributed by atoms with Crippen molar-refractivity contribution in [1.29, 1.82) is 0 Å². The van der Waals surface area contributed by atoms with Gasteiger partial charge in [0.05, 0.1) is 28.0 Å². The minimum absolute atomic E-state index is 0.907. The highest BCUT2D eigenvalue weighted by Crippen LogP contribution is 2.39. The minimum atomic E-state index is 0.907. The van der Waals surface area contributed by atoms with Crippen LogP contribution in [0.15, 0.2) is 47.1 Å². The molecule has 0 unspecified atom stereocenters. The number of nitrogens with zero attached hydrogens (tertiary/aromatic N) is 1. The zero-order valence-corrected chi connectivity index (χ0v) is 13.2. The van der Waals surface area contributed by atoms with Crippen molar-refractivity contribution in [2.45, 2.75) is 11.5 Å². The highest BCUT2D eigenvalue weighted by Gasteiger charge is 2.04. The molecule has 0 saturated heterocycles. The van der Waals surface area contributed by atoms with Crippen LogP contribution < -0.4 is 0 Å². The van der Waals surface area contributed by atoms with Crippen molar-refractivity contribution in [1.82, 2.24) is 4.98 Å². The first kappa shape index (κ1) is 13.4. The number of fused-ring (bicyclic) bond motifs is 1. The van der Waals surface area contributed by atoms with Crippen molar-refractivity contribution in [3.63, 3.8) is 0 Å². The van der Waals surface area contributed by atoms with Gasteiger partial charge in [0, 0.05) is 0 Å². The molecule has 0 amide bonds. The van der Waals surface area contributed by atoms with Gasteiger partial charge < -0.3 is 4.42 Å². The number of thiazole rings is 1. The van der Waals surface area contributed by atoms with Crippen LogP contribution in [-0.2, 0) is 11.5 Å². The summed E-state index contributed by atoms with van der Waals surface area (Å²) in [6, 6.07) is 12.2. The van der Waals surface area contributed by atoms with Crippen LogP contribution in [-0.4, -0.2) is 4.98 Å². The molecule has 0 spiro atoms. The maximum absolute atomic E-state index is 5.28. The van der Waals surface area contributed by atoms with E-state index in [4.69, 9.17) is 4.42 Å². The van der Waals surface area contributed by atoms with Crippen molar-refractivity contribution in [3.8, 4) is 0 Å². The molecule has 0 saturated carbocycles. The topological polar surface area (TPSA) is 26.0 Å². The van der Waals surface area contributed by atoms with E-state index < -0.39 is 0 Å². The first-order chi connectivity index (χ1) is 9.42. The molecule has 0 aliphatic carbocycles. The molecule has 0 fully saturated rings. The summed E-state index contributed by atoms with van der Waals surface area (Å²) >= 11 is 1.78. The third-order valence-corrected chi connectivity index (χ3v) is 7.62. The molecule has 19 heavy (non-hydrogen) atoms. The second-order valence-corrected chi connectivity index (χ2v) is 9.09. The van der Waals surface area contributed by atoms with Gasteiger partial charge in [-0.05, 0) is 34.1 Å². The highest BCUT2D eigenvalue weighted by atomic mass is 33.5. The zero-order valence-electron chi connectivity index (χ0n) is 9.94. The summed E-state index contributed by atoms with van der Waals surface area (Å²) in [6.07, 6.45) is 1.72.